The molecule has 1 aromatic carbocycles. The van der Waals surface area contributed by atoms with Crippen molar-refractivity contribution in [3.63, 3.8) is 0 Å². The lowest BCUT2D eigenvalue weighted by atomic mass is 10.0. The summed E-state index contributed by atoms with van der Waals surface area (Å²) in [7, 11) is 1.76. The summed E-state index contributed by atoms with van der Waals surface area (Å²) < 4.78 is 20.7. The number of rotatable bonds is 4. The quantitative estimate of drug-likeness (QED) is 0.445. The van der Waals surface area contributed by atoms with Crippen LogP contribution in [0, 0.1) is 19.7 Å². The standard InChI is InChI=1S/C22H25FN8O/c1-11-15(23)8-16(25-3)19-17(11)18-20(28-19)29-22(32-14-9-26-12(2)27-10-14)30-21(18)31-6-4-13(24)5-7-31/h8-10,13,25H,4-7,24H2,1-3H3,(H,28,29,30). The molecule has 0 bridgehead atoms. The van der Waals surface area contributed by atoms with Crippen molar-refractivity contribution in [3.8, 4) is 11.8 Å². The molecular weight excluding hydrogens is 411 g/mol. The number of anilines is 2. The fourth-order valence-corrected chi connectivity index (χ4v) is 4.18. The molecule has 9 nitrogen and oxygen atoms in total. The van der Waals surface area contributed by atoms with Gasteiger partial charge in [0.1, 0.15) is 23.1 Å². The number of aromatic nitrogens is 5. The highest BCUT2D eigenvalue weighted by Gasteiger charge is 2.25. The second kappa shape index (κ2) is 7.86. The Balaban J connectivity index is 1.73. The lowest BCUT2D eigenvalue weighted by Crippen LogP contribution is -2.40. The van der Waals surface area contributed by atoms with Gasteiger partial charge >= 0.3 is 6.01 Å². The molecule has 5 rings (SSSR count). The SMILES string of the molecule is CNc1cc(F)c(C)c2c1[nH]c1nc(Oc3cnc(C)nc3)nc(N3CCC(N)CC3)c12. The molecule has 4 N–H and O–H groups in total. The first-order chi connectivity index (χ1) is 15.4. The lowest BCUT2D eigenvalue weighted by Gasteiger charge is -2.31. The first-order valence-corrected chi connectivity index (χ1v) is 10.6. The number of H-pyrrole nitrogens is 1. The third kappa shape index (κ3) is 3.46. The maximum absolute atomic E-state index is 14.8. The van der Waals surface area contributed by atoms with Crippen molar-refractivity contribution in [2.75, 3.05) is 30.4 Å². The van der Waals surface area contributed by atoms with Gasteiger partial charge in [-0.25, -0.2) is 14.4 Å². The summed E-state index contributed by atoms with van der Waals surface area (Å²) in [6.45, 7) is 5.08. The Labute approximate surface area is 184 Å². The van der Waals surface area contributed by atoms with Crippen molar-refractivity contribution < 1.29 is 9.13 Å². The van der Waals surface area contributed by atoms with E-state index in [1.807, 2.05) is 0 Å². The normalized spacial score (nSPS) is 15.0. The van der Waals surface area contributed by atoms with Crippen LogP contribution in [0.3, 0.4) is 0 Å². The summed E-state index contributed by atoms with van der Waals surface area (Å²) in [5.74, 6) is 1.50. The Morgan fingerprint density at radius 1 is 1.16 bits per heavy atom. The number of piperidine rings is 1. The molecule has 4 aromatic rings. The Morgan fingerprint density at radius 3 is 2.56 bits per heavy atom. The van der Waals surface area contributed by atoms with Crippen LogP contribution in [-0.2, 0) is 0 Å². The minimum atomic E-state index is -0.286. The molecule has 0 radical (unpaired) electrons. The smallest absolute Gasteiger partial charge is 0.326 e. The molecule has 10 heteroatoms. The van der Waals surface area contributed by atoms with Crippen molar-refractivity contribution in [3.05, 3.63) is 35.7 Å². The van der Waals surface area contributed by atoms with Crippen molar-refractivity contribution in [2.45, 2.75) is 32.7 Å². The number of nitrogens with two attached hydrogens (primary N) is 1. The Morgan fingerprint density at radius 2 is 1.88 bits per heavy atom. The molecule has 4 heterocycles. The summed E-state index contributed by atoms with van der Waals surface area (Å²) in [6.07, 6.45) is 4.87. The van der Waals surface area contributed by atoms with Gasteiger partial charge in [0.25, 0.3) is 0 Å². The van der Waals surface area contributed by atoms with Crippen LogP contribution in [-0.4, -0.2) is 51.1 Å². The minimum Gasteiger partial charge on any atom is -0.421 e. The number of halogens is 1. The zero-order valence-corrected chi connectivity index (χ0v) is 18.2. The van der Waals surface area contributed by atoms with Gasteiger partial charge in [-0.2, -0.15) is 9.97 Å². The molecule has 0 atom stereocenters. The first-order valence-electron chi connectivity index (χ1n) is 10.6. The Bertz CT molecular complexity index is 1300. The van der Waals surface area contributed by atoms with Gasteiger partial charge in [0.05, 0.1) is 29.0 Å². The van der Waals surface area contributed by atoms with Crippen LogP contribution < -0.4 is 20.7 Å². The zero-order valence-electron chi connectivity index (χ0n) is 18.2. The Kier molecular flexibility index (Phi) is 5.01. The van der Waals surface area contributed by atoms with E-state index in [2.05, 4.69) is 30.2 Å². The largest absolute Gasteiger partial charge is 0.421 e. The van der Waals surface area contributed by atoms with E-state index in [1.54, 1.807) is 33.3 Å². The fourth-order valence-electron chi connectivity index (χ4n) is 4.18. The number of aryl methyl sites for hydroxylation is 2. The highest BCUT2D eigenvalue weighted by molar-refractivity contribution is 6.16. The maximum atomic E-state index is 14.8. The average molecular weight is 436 g/mol. The second-order valence-corrected chi connectivity index (χ2v) is 8.10. The fraction of sp³-hybridized carbons (Fsp3) is 0.364. The molecule has 32 heavy (non-hydrogen) atoms. The van der Waals surface area contributed by atoms with Gasteiger partial charge in [-0.3, -0.25) is 0 Å². The number of fused-ring (bicyclic) bond motifs is 3. The van der Waals surface area contributed by atoms with Gasteiger partial charge in [0.2, 0.25) is 0 Å². The minimum absolute atomic E-state index is 0.169. The lowest BCUT2D eigenvalue weighted by molar-refractivity contribution is 0.437. The van der Waals surface area contributed by atoms with Gasteiger partial charge < -0.3 is 25.7 Å². The molecule has 0 unspecified atom stereocenters. The van der Waals surface area contributed by atoms with Crippen molar-refractivity contribution >= 4 is 33.4 Å². The van der Waals surface area contributed by atoms with Gasteiger partial charge in [0, 0.05) is 31.6 Å². The molecule has 1 aliphatic rings. The first kappa shape index (κ1) is 20.4. The van der Waals surface area contributed by atoms with Crippen LogP contribution in [0.25, 0.3) is 21.9 Å². The highest BCUT2D eigenvalue weighted by Crippen LogP contribution is 2.39. The predicted octanol–water partition coefficient (Wildman–Crippen LogP) is 3.42. The van der Waals surface area contributed by atoms with Crippen LogP contribution in [0.1, 0.15) is 24.2 Å². The zero-order chi connectivity index (χ0) is 22.4. The van der Waals surface area contributed by atoms with E-state index >= 15 is 0 Å². The molecule has 0 amide bonds. The summed E-state index contributed by atoms with van der Waals surface area (Å²) >= 11 is 0. The molecule has 1 aliphatic heterocycles. The highest BCUT2D eigenvalue weighted by atomic mass is 19.1. The summed E-state index contributed by atoms with van der Waals surface area (Å²) in [6, 6.07) is 1.83. The third-order valence-electron chi connectivity index (χ3n) is 5.96. The maximum Gasteiger partial charge on any atom is 0.326 e. The van der Waals surface area contributed by atoms with E-state index in [9.17, 15) is 4.39 Å². The van der Waals surface area contributed by atoms with Crippen molar-refractivity contribution in [1.29, 1.82) is 0 Å². The number of nitrogens with zero attached hydrogens (tertiary/aromatic N) is 5. The van der Waals surface area contributed by atoms with Gasteiger partial charge in [0.15, 0.2) is 5.75 Å². The number of nitrogens with one attached hydrogen (secondary N) is 2. The topological polar surface area (TPSA) is 118 Å². The molecular formula is C22H25FN8O. The van der Waals surface area contributed by atoms with Gasteiger partial charge in [-0.15, -0.1) is 0 Å². The number of hydrogen-bond acceptors (Lipinski definition) is 8. The Hall–Kier alpha value is -3.53. The van der Waals surface area contributed by atoms with E-state index in [0.717, 1.165) is 42.2 Å². The van der Waals surface area contributed by atoms with Crippen LogP contribution >= 0.6 is 0 Å². The summed E-state index contributed by atoms with van der Waals surface area (Å²) in [4.78, 5) is 23.2. The summed E-state index contributed by atoms with van der Waals surface area (Å²) in [5, 5.41) is 4.60. The van der Waals surface area contributed by atoms with E-state index in [-0.39, 0.29) is 17.9 Å². The van der Waals surface area contributed by atoms with E-state index in [0.29, 0.717) is 34.3 Å². The monoisotopic (exact) mass is 436 g/mol. The molecule has 166 valence electrons. The number of aromatic amines is 1. The summed E-state index contributed by atoms with van der Waals surface area (Å²) in [5.41, 5.74) is 8.68. The number of hydrogen-bond donors (Lipinski definition) is 3. The van der Waals surface area contributed by atoms with Crippen LogP contribution in [0.4, 0.5) is 15.9 Å². The average Bonchev–Trinajstić information content (AvgIpc) is 3.17. The van der Waals surface area contributed by atoms with Crippen molar-refractivity contribution in [2.24, 2.45) is 5.73 Å². The molecule has 0 saturated carbocycles. The molecule has 0 aliphatic carbocycles. The van der Waals surface area contributed by atoms with Crippen LogP contribution in [0.15, 0.2) is 18.5 Å². The van der Waals surface area contributed by atoms with Crippen molar-refractivity contribution in [1.82, 2.24) is 24.9 Å². The number of ether oxygens (including phenoxy) is 1. The molecule has 1 saturated heterocycles. The van der Waals surface area contributed by atoms with E-state index in [4.69, 9.17) is 15.5 Å². The molecule has 1 fully saturated rings. The van der Waals surface area contributed by atoms with Gasteiger partial charge in [-0.1, -0.05) is 0 Å². The molecule has 3 aromatic heterocycles. The van der Waals surface area contributed by atoms with Crippen LogP contribution in [0.2, 0.25) is 0 Å². The molecule has 0 spiro atoms. The second-order valence-electron chi connectivity index (χ2n) is 8.10. The van der Waals surface area contributed by atoms with E-state index < -0.39 is 0 Å². The third-order valence-corrected chi connectivity index (χ3v) is 5.96. The number of benzene rings is 1. The van der Waals surface area contributed by atoms with E-state index in [1.165, 1.54) is 6.07 Å². The van der Waals surface area contributed by atoms with Gasteiger partial charge in [-0.05, 0) is 38.3 Å². The van der Waals surface area contributed by atoms with Crippen LogP contribution in [0.5, 0.6) is 11.8 Å². The predicted molar refractivity (Wildman–Crippen MR) is 122 cm³/mol.